The first kappa shape index (κ1) is 17.5. The van der Waals surface area contributed by atoms with Crippen LogP contribution in [-0.2, 0) is 12.0 Å². The van der Waals surface area contributed by atoms with E-state index in [1.54, 1.807) is 24.0 Å². The molecule has 0 bridgehead atoms. The number of aromatic nitrogens is 3. The number of guanidine groups is 1. The highest BCUT2D eigenvalue weighted by molar-refractivity contribution is 7.10. The molecule has 0 radical (unpaired) electrons. The second kappa shape index (κ2) is 8.67. The second-order valence-corrected chi connectivity index (χ2v) is 7.07. The molecular weight excluding hydrogens is 308 g/mol. The molecule has 0 spiro atoms. The number of rotatable bonds is 8. The first-order valence-electron chi connectivity index (χ1n) is 7.93. The maximum atomic E-state index is 4.29. The number of nitrogens with one attached hydrogen (secondary N) is 2. The molecule has 0 saturated carbocycles. The molecule has 0 aliphatic rings. The van der Waals surface area contributed by atoms with Gasteiger partial charge in [-0.2, -0.15) is 0 Å². The van der Waals surface area contributed by atoms with E-state index in [0.29, 0.717) is 0 Å². The molecule has 2 aromatic rings. The zero-order chi connectivity index (χ0) is 16.5. The van der Waals surface area contributed by atoms with Crippen LogP contribution in [0.3, 0.4) is 0 Å². The highest BCUT2D eigenvalue weighted by atomic mass is 32.1. The van der Waals surface area contributed by atoms with Crippen molar-refractivity contribution >= 4 is 17.3 Å². The van der Waals surface area contributed by atoms with Crippen LogP contribution in [0.2, 0.25) is 0 Å². The van der Waals surface area contributed by atoms with Crippen LogP contribution in [0.15, 0.2) is 35.2 Å². The molecule has 0 fully saturated rings. The van der Waals surface area contributed by atoms with Crippen LogP contribution in [-0.4, -0.2) is 40.9 Å². The summed E-state index contributed by atoms with van der Waals surface area (Å²) in [7, 11) is 1.81. The van der Waals surface area contributed by atoms with Crippen LogP contribution >= 0.6 is 11.3 Å². The lowest BCUT2D eigenvalue weighted by molar-refractivity contribution is 0.517. The summed E-state index contributed by atoms with van der Waals surface area (Å²) in [5.41, 5.74) is 0.0974. The van der Waals surface area contributed by atoms with Crippen LogP contribution in [0.1, 0.15) is 31.6 Å². The lowest BCUT2D eigenvalue weighted by Gasteiger charge is -2.25. The van der Waals surface area contributed by atoms with E-state index in [0.717, 1.165) is 38.4 Å². The van der Waals surface area contributed by atoms with Crippen molar-refractivity contribution in [3.63, 3.8) is 0 Å². The lowest BCUT2D eigenvalue weighted by atomic mass is 9.91. The SMILES string of the molecule is CN=C(NCCCCn1cnnc1)NCC(C)(C)c1cccs1. The minimum absolute atomic E-state index is 0.0974. The first-order valence-corrected chi connectivity index (χ1v) is 8.81. The molecule has 2 heterocycles. The molecule has 23 heavy (non-hydrogen) atoms. The van der Waals surface area contributed by atoms with Crippen LogP contribution in [0.25, 0.3) is 0 Å². The van der Waals surface area contributed by atoms with Gasteiger partial charge >= 0.3 is 0 Å². The molecular formula is C16H26N6S. The molecule has 126 valence electrons. The number of thiophene rings is 1. The van der Waals surface area contributed by atoms with E-state index in [9.17, 15) is 0 Å². The zero-order valence-electron chi connectivity index (χ0n) is 14.1. The number of nitrogens with zero attached hydrogens (tertiary/aromatic N) is 4. The summed E-state index contributed by atoms with van der Waals surface area (Å²) in [5.74, 6) is 0.860. The van der Waals surface area contributed by atoms with E-state index in [1.165, 1.54) is 4.88 Å². The minimum Gasteiger partial charge on any atom is -0.356 e. The van der Waals surface area contributed by atoms with E-state index >= 15 is 0 Å². The average molecular weight is 334 g/mol. The smallest absolute Gasteiger partial charge is 0.191 e. The lowest BCUT2D eigenvalue weighted by Crippen LogP contribution is -2.43. The van der Waals surface area contributed by atoms with Crippen LogP contribution < -0.4 is 10.6 Å². The summed E-state index contributed by atoms with van der Waals surface area (Å²) in [6, 6.07) is 4.29. The summed E-state index contributed by atoms with van der Waals surface area (Å²) >= 11 is 1.80. The van der Waals surface area contributed by atoms with E-state index in [1.807, 2.05) is 11.6 Å². The van der Waals surface area contributed by atoms with Gasteiger partial charge in [0, 0.05) is 37.0 Å². The zero-order valence-corrected chi connectivity index (χ0v) is 14.9. The van der Waals surface area contributed by atoms with E-state index < -0.39 is 0 Å². The third kappa shape index (κ3) is 5.67. The van der Waals surface area contributed by atoms with Crippen molar-refractivity contribution in [1.29, 1.82) is 0 Å². The predicted molar refractivity (Wildman–Crippen MR) is 96.0 cm³/mol. The quantitative estimate of drug-likeness (QED) is 0.441. The van der Waals surface area contributed by atoms with Gasteiger partial charge in [-0.1, -0.05) is 19.9 Å². The normalized spacial score (nSPS) is 12.4. The molecule has 0 aromatic carbocycles. The fourth-order valence-electron chi connectivity index (χ4n) is 2.24. The molecule has 6 nitrogen and oxygen atoms in total. The number of unbranched alkanes of at least 4 members (excludes halogenated alkanes) is 1. The standard InChI is InChI=1S/C16H26N6S/c1-16(2,14-7-6-10-23-14)11-19-15(17-3)18-8-4-5-9-22-12-20-21-13-22/h6-7,10,12-13H,4-5,8-9,11H2,1-3H3,(H2,17,18,19). The Morgan fingerprint density at radius 2 is 2.04 bits per heavy atom. The highest BCUT2D eigenvalue weighted by Gasteiger charge is 2.21. The Hall–Kier alpha value is -1.89. The number of hydrogen-bond acceptors (Lipinski definition) is 4. The number of hydrogen-bond donors (Lipinski definition) is 2. The fraction of sp³-hybridized carbons (Fsp3) is 0.562. The molecule has 0 atom stereocenters. The number of aliphatic imine (C=N–C) groups is 1. The van der Waals surface area contributed by atoms with Crippen LogP contribution in [0.4, 0.5) is 0 Å². The van der Waals surface area contributed by atoms with Gasteiger partial charge in [0.05, 0.1) is 0 Å². The Bertz CT molecular complexity index is 574. The summed E-state index contributed by atoms with van der Waals surface area (Å²) in [4.78, 5) is 5.68. The second-order valence-electron chi connectivity index (χ2n) is 6.12. The monoisotopic (exact) mass is 334 g/mol. The van der Waals surface area contributed by atoms with Crippen molar-refractivity contribution < 1.29 is 0 Å². The van der Waals surface area contributed by atoms with Crippen LogP contribution in [0, 0.1) is 0 Å². The van der Waals surface area contributed by atoms with E-state index in [4.69, 9.17) is 0 Å². The molecule has 0 aliphatic carbocycles. The van der Waals surface area contributed by atoms with Crippen molar-refractivity contribution in [3.05, 3.63) is 35.0 Å². The van der Waals surface area contributed by atoms with Gasteiger partial charge in [-0.3, -0.25) is 4.99 Å². The van der Waals surface area contributed by atoms with Gasteiger partial charge in [-0.05, 0) is 24.3 Å². The number of aryl methyl sites for hydroxylation is 1. The first-order chi connectivity index (χ1) is 11.1. The van der Waals surface area contributed by atoms with Gasteiger partial charge in [-0.15, -0.1) is 21.5 Å². The van der Waals surface area contributed by atoms with Gasteiger partial charge in [-0.25, -0.2) is 0 Å². The van der Waals surface area contributed by atoms with E-state index in [-0.39, 0.29) is 5.41 Å². The van der Waals surface area contributed by atoms with Crippen molar-refractivity contribution in [2.75, 3.05) is 20.1 Å². The average Bonchev–Trinajstić information content (AvgIpc) is 3.23. The highest BCUT2D eigenvalue weighted by Crippen LogP contribution is 2.26. The predicted octanol–water partition coefficient (Wildman–Crippen LogP) is 2.26. The third-order valence-electron chi connectivity index (χ3n) is 3.71. The van der Waals surface area contributed by atoms with Crippen molar-refractivity contribution in [1.82, 2.24) is 25.4 Å². The van der Waals surface area contributed by atoms with Gasteiger partial charge in [0.15, 0.2) is 5.96 Å². The van der Waals surface area contributed by atoms with Crippen LogP contribution in [0.5, 0.6) is 0 Å². The molecule has 2 N–H and O–H groups in total. The Labute approximate surface area is 142 Å². The Balaban J connectivity index is 1.65. The Morgan fingerprint density at radius 3 is 2.70 bits per heavy atom. The maximum absolute atomic E-state index is 4.29. The molecule has 0 saturated heterocycles. The largest absolute Gasteiger partial charge is 0.356 e. The molecule has 2 rings (SSSR count). The topological polar surface area (TPSA) is 67.1 Å². The van der Waals surface area contributed by atoms with Gasteiger partial charge < -0.3 is 15.2 Å². The summed E-state index contributed by atoms with van der Waals surface area (Å²) in [6.07, 6.45) is 5.66. The van der Waals surface area contributed by atoms with Crippen molar-refractivity contribution in [2.24, 2.45) is 4.99 Å². The molecule has 0 unspecified atom stereocenters. The summed E-state index contributed by atoms with van der Waals surface area (Å²) in [5, 5.41) is 16.5. The van der Waals surface area contributed by atoms with Crippen molar-refractivity contribution in [2.45, 2.75) is 38.6 Å². The Kier molecular flexibility index (Phi) is 6.58. The Morgan fingerprint density at radius 1 is 1.26 bits per heavy atom. The molecule has 0 aliphatic heterocycles. The molecule has 0 amide bonds. The van der Waals surface area contributed by atoms with Gasteiger partial charge in [0.25, 0.3) is 0 Å². The maximum Gasteiger partial charge on any atom is 0.191 e. The summed E-state index contributed by atoms with van der Waals surface area (Å²) in [6.45, 7) is 7.21. The molecule has 7 heteroatoms. The van der Waals surface area contributed by atoms with E-state index in [2.05, 4.69) is 57.2 Å². The molecule has 2 aromatic heterocycles. The summed E-state index contributed by atoms with van der Waals surface area (Å²) < 4.78 is 2.00. The van der Waals surface area contributed by atoms with Crippen molar-refractivity contribution in [3.8, 4) is 0 Å². The third-order valence-corrected chi connectivity index (χ3v) is 4.95. The van der Waals surface area contributed by atoms with Gasteiger partial charge in [0.2, 0.25) is 0 Å². The minimum atomic E-state index is 0.0974. The van der Waals surface area contributed by atoms with Gasteiger partial charge in [0.1, 0.15) is 12.7 Å². The fourth-order valence-corrected chi connectivity index (χ4v) is 3.09.